The maximum absolute atomic E-state index is 3.67. The van der Waals surface area contributed by atoms with E-state index in [0.717, 1.165) is 14.9 Å². The number of hydrogen-bond acceptors (Lipinski definition) is 1. The van der Waals surface area contributed by atoms with Crippen LogP contribution in [0.3, 0.4) is 0 Å². The molecule has 0 bridgehead atoms. The molecule has 1 aliphatic rings. The molecule has 0 amide bonds. The summed E-state index contributed by atoms with van der Waals surface area (Å²) in [6.07, 6.45) is 6.68. The molecule has 1 nitrogen and oxygen atoms in total. The minimum absolute atomic E-state index is 0.630. The van der Waals surface area contributed by atoms with Gasteiger partial charge in [-0.25, -0.2) is 0 Å². The molecule has 0 radical (unpaired) electrons. The summed E-state index contributed by atoms with van der Waals surface area (Å²) in [5.74, 6) is 0.896. The van der Waals surface area contributed by atoms with Crippen molar-refractivity contribution >= 4 is 37.5 Å². The molecule has 0 heterocycles. The van der Waals surface area contributed by atoms with Gasteiger partial charge in [0.1, 0.15) is 0 Å². The number of rotatable bonds is 2. The molecule has 0 aliphatic heterocycles. The van der Waals surface area contributed by atoms with Crippen molar-refractivity contribution < 1.29 is 0 Å². The average Bonchev–Trinajstić information content (AvgIpc) is 2.49. The van der Waals surface area contributed by atoms with Crippen LogP contribution in [0.25, 0.3) is 0 Å². The Labute approximate surface area is 121 Å². The van der Waals surface area contributed by atoms with Crippen molar-refractivity contribution in [3.63, 3.8) is 0 Å². The zero-order chi connectivity index (χ0) is 12.3. The molecule has 1 fully saturated rings. The standard InChI is InChI=1S/C14H19Br2N/c1-10-3-2-4-12(7-5-10)17-14-9-11(15)6-8-13(14)16/h6,8-10,12,17H,2-5,7H2,1H3. The molecule has 1 saturated carbocycles. The van der Waals surface area contributed by atoms with E-state index < -0.39 is 0 Å². The fourth-order valence-electron chi connectivity index (χ4n) is 2.46. The van der Waals surface area contributed by atoms with Gasteiger partial charge in [0.2, 0.25) is 0 Å². The van der Waals surface area contributed by atoms with Crippen LogP contribution in [0.2, 0.25) is 0 Å². The summed E-state index contributed by atoms with van der Waals surface area (Å²) < 4.78 is 2.28. The van der Waals surface area contributed by atoms with Crippen LogP contribution in [0, 0.1) is 5.92 Å². The fraction of sp³-hybridized carbons (Fsp3) is 0.571. The number of halogens is 2. The van der Waals surface area contributed by atoms with Gasteiger partial charge in [-0.05, 0) is 59.3 Å². The van der Waals surface area contributed by atoms with E-state index in [0.29, 0.717) is 6.04 Å². The Bertz CT molecular complexity index is 378. The van der Waals surface area contributed by atoms with E-state index in [-0.39, 0.29) is 0 Å². The predicted molar refractivity (Wildman–Crippen MR) is 81.5 cm³/mol. The summed E-state index contributed by atoms with van der Waals surface area (Å²) in [5, 5.41) is 3.67. The molecule has 0 aromatic heterocycles. The van der Waals surface area contributed by atoms with Crippen LogP contribution in [0.15, 0.2) is 27.1 Å². The summed E-state index contributed by atoms with van der Waals surface area (Å²) in [6.45, 7) is 2.37. The highest BCUT2D eigenvalue weighted by Gasteiger charge is 2.16. The topological polar surface area (TPSA) is 12.0 Å². The first-order chi connectivity index (χ1) is 8.15. The highest BCUT2D eigenvalue weighted by atomic mass is 79.9. The molecule has 2 atom stereocenters. The summed E-state index contributed by atoms with van der Waals surface area (Å²) in [5.41, 5.74) is 1.21. The second kappa shape index (κ2) is 6.24. The van der Waals surface area contributed by atoms with Gasteiger partial charge in [0.15, 0.2) is 0 Å². The first kappa shape index (κ1) is 13.4. The Hall–Kier alpha value is -0.0200. The molecule has 0 spiro atoms. The Morgan fingerprint density at radius 1 is 1.12 bits per heavy atom. The molecule has 17 heavy (non-hydrogen) atoms. The van der Waals surface area contributed by atoms with Gasteiger partial charge in [-0.15, -0.1) is 0 Å². The van der Waals surface area contributed by atoms with Crippen molar-refractivity contribution in [2.75, 3.05) is 5.32 Å². The number of anilines is 1. The predicted octanol–water partition coefficient (Wildman–Crippen LogP) is 5.59. The van der Waals surface area contributed by atoms with Crippen LogP contribution < -0.4 is 5.32 Å². The molecule has 1 aromatic rings. The van der Waals surface area contributed by atoms with E-state index in [1.54, 1.807) is 0 Å². The largest absolute Gasteiger partial charge is 0.381 e. The minimum Gasteiger partial charge on any atom is -0.381 e. The van der Waals surface area contributed by atoms with Crippen LogP contribution >= 0.6 is 31.9 Å². The molecule has 2 unspecified atom stereocenters. The lowest BCUT2D eigenvalue weighted by molar-refractivity contribution is 0.502. The lowest BCUT2D eigenvalue weighted by atomic mass is 10.0. The van der Waals surface area contributed by atoms with Crippen molar-refractivity contribution in [2.45, 2.75) is 45.1 Å². The molecule has 2 rings (SSSR count). The number of nitrogens with one attached hydrogen (secondary N) is 1. The lowest BCUT2D eigenvalue weighted by Gasteiger charge is -2.19. The maximum Gasteiger partial charge on any atom is 0.0498 e. The number of hydrogen-bond donors (Lipinski definition) is 1. The summed E-state index contributed by atoms with van der Waals surface area (Å²) in [6, 6.07) is 6.93. The van der Waals surface area contributed by atoms with Gasteiger partial charge in [-0.2, -0.15) is 0 Å². The van der Waals surface area contributed by atoms with Crippen molar-refractivity contribution in [1.29, 1.82) is 0 Å². The summed E-state index contributed by atoms with van der Waals surface area (Å²) in [7, 11) is 0. The first-order valence-corrected chi connectivity index (χ1v) is 7.95. The Morgan fingerprint density at radius 3 is 2.76 bits per heavy atom. The zero-order valence-electron chi connectivity index (χ0n) is 10.2. The molecule has 1 aromatic carbocycles. The highest BCUT2D eigenvalue weighted by Crippen LogP contribution is 2.30. The van der Waals surface area contributed by atoms with E-state index in [9.17, 15) is 0 Å². The first-order valence-electron chi connectivity index (χ1n) is 6.37. The van der Waals surface area contributed by atoms with Gasteiger partial charge in [0.05, 0.1) is 0 Å². The van der Waals surface area contributed by atoms with E-state index in [1.165, 1.54) is 37.8 Å². The molecular formula is C14H19Br2N. The van der Waals surface area contributed by atoms with Crippen LogP contribution in [0.5, 0.6) is 0 Å². The van der Waals surface area contributed by atoms with Gasteiger partial charge < -0.3 is 5.32 Å². The molecule has 1 aliphatic carbocycles. The summed E-state index contributed by atoms with van der Waals surface area (Å²) in [4.78, 5) is 0. The Kier molecular flexibility index (Phi) is 4.92. The van der Waals surface area contributed by atoms with E-state index in [1.807, 2.05) is 0 Å². The highest BCUT2D eigenvalue weighted by molar-refractivity contribution is 9.11. The molecule has 0 saturated heterocycles. The van der Waals surface area contributed by atoms with Gasteiger partial charge in [0, 0.05) is 20.7 Å². The SMILES string of the molecule is CC1CCCC(Nc2cc(Br)ccc2Br)CC1. The minimum atomic E-state index is 0.630. The summed E-state index contributed by atoms with van der Waals surface area (Å²) >= 11 is 7.13. The smallest absolute Gasteiger partial charge is 0.0498 e. The Morgan fingerprint density at radius 2 is 1.94 bits per heavy atom. The Balaban J connectivity index is 2.02. The third kappa shape index (κ3) is 3.99. The fourth-order valence-corrected chi connectivity index (χ4v) is 3.18. The van der Waals surface area contributed by atoms with E-state index in [2.05, 4.69) is 62.3 Å². The average molecular weight is 361 g/mol. The van der Waals surface area contributed by atoms with Crippen LogP contribution in [0.4, 0.5) is 5.69 Å². The quantitative estimate of drug-likeness (QED) is 0.677. The molecule has 94 valence electrons. The third-order valence-electron chi connectivity index (χ3n) is 3.55. The zero-order valence-corrected chi connectivity index (χ0v) is 13.4. The van der Waals surface area contributed by atoms with Crippen molar-refractivity contribution in [2.24, 2.45) is 5.92 Å². The normalized spacial score (nSPS) is 25.4. The lowest BCUT2D eigenvalue weighted by Crippen LogP contribution is -2.18. The van der Waals surface area contributed by atoms with Crippen LogP contribution in [-0.4, -0.2) is 6.04 Å². The monoisotopic (exact) mass is 359 g/mol. The maximum atomic E-state index is 3.67. The van der Waals surface area contributed by atoms with E-state index in [4.69, 9.17) is 0 Å². The molecule has 3 heteroatoms. The van der Waals surface area contributed by atoms with Crippen molar-refractivity contribution in [3.05, 3.63) is 27.1 Å². The van der Waals surface area contributed by atoms with Gasteiger partial charge in [-0.1, -0.05) is 35.7 Å². The van der Waals surface area contributed by atoms with Gasteiger partial charge in [-0.3, -0.25) is 0 Å². The molecular weight excluding hydrogens is 342 g/mol. The van der Waals surface area contributed by atoms with Gasteiger partial charge >= 0.3 is 0 Å². The second-order valence-electron chi connectivity index (χ2n) is 5.08. The van der Waals surface area contributed by atoms with Crippen molar-refractivity contribution in [1.82, 2.24) is 0 Å². The third-order valence-corrected chi connectivity index (χ3v) is 4.73. The van der Waals surface area contributed by atoms with Crippen LogP contribution in [0.1, 0.15) is 39.0 Å². The number of benzene rings is 1. The molecule has 1 N–H and O–H groups in total. The van der Waals surface area contributed by atoms with Crippen molar-refractivity contribution in [3.8, 4) is 0 Å². The van der Waals surface area contributed by atoms with Crippen LogP contribution in [-0.2, 0) is 0 Å². The van der Waals surface area contributed by atoms with E-state index >= 15 is 0 Å². The van der Waals surface area contributed by atoms with Gasteiger partial charge in [0.25, 0.3) is 0 Å². The second-order valence-corrected chi connectivity index (χ2v) is 6.85.